The van der Waals surface area contributed by atoms with Gasteiger partial charge < -0.3 is 79.5 Å². The molecule has 0 amide bonds. The van der Waals surface area contributed by atoms with Crippen molar-refractivity contribution in [2.24, 2.45) is 5.92 Å². The predicted octanol–water partition coefficient (Wildman–Crippen LogP) is -3.89. The first-order valence-electron chi connectivity index (χ1n) is 14.7. The van der Waals surface area contributed by atoms with Gasteiger partial charge in [-0.15, -0.1) is 0 Å². The first kappa shape index (κ1) is 35.3. The van der Waals surface area contributed by atoms with Crippen LogP contribution in [0, 0.1) is 5.92 Å². The van der Waals surface area contributed by atoms with Crippen molar-refractivity contribution in [1.29, 1.82) is 0 Å². The highest BCUT2D eigenvalue weighted by molar-refractivity contribution is 5.87. The van der Waals surface area contributed by atoms with Gasteiger partial charge in [-0.3, -0.25) is 0 Å². The number of hydrogen-bond donors (Lipinski definition) is 10. The van der Waals surface area contributed by atoms with Gasteiger partial charge >= 0.3 is 5.97 Å². The van der Waals surface area contributed by atoms with Crippen LogP contribution in [0.2, 0.25) is 0 Å². The molecule has 5 rings (SSSR count). The summed E-state index contributed by atoms with van der Waals surface area (Å²) in [6, 6.07) is 5.98. The summed E-state index contributed by atoms with van der Waals surface area (Å²) in [6.07, 6.45) is -13.9. The second-order valence-electron chi connectivity index (χ2n) is 11.5. The fourth-order valence-corrected chi connectivity index (χ4v) is 5.86. The molecule has 0 aromatic heterocycles. The van der Waals surface area contributed by atoms with E-state index in [1.165, 1.54) is 30.4 Å². The molecule has 14 atom stereocenters. The quantitative estimate of drug-likeness (QED) is 0.0647. The minimum atomic E-state index is -1.95. The molecule has 4 aliphatic rings. The topological polar surface area (TPSA) is 275 Å². The molecule has 17 nitrogen and oxygen atoms in total. The molecule has 0 unspecified atom stereocenters. The highest BCUT2D eigenvalue weighted by Crippen LogP contribution is 2.48. The summed E-state index contributed by atoms with van der Waals surface area (Å²) in [5.41, 5.74) is -1.22. The Hall–Kier alpha value is -3.01. The summed E-state index contributed by atoms with van der Waals surface area (Å²) in [6.45, 7) is -1.99. The van der Waals surface area contributed by atoms with Crippen molar-refractivity contribution < 1.29 is 84.3 Å². The zero-order chi connectivity index (χ0) is 34.0. The van der Waals surface area contributed by atoms with Gasteiger partial charge in [0.05, 0.1) is 25.4 Å². The Bertz CT molecular complexity index is 1310. The summed E-state index contributed by atoms with van der Waals surface area (Å²) in [5, 5.41) is 102. The van der Waals surface area contributed by atoms with Crippen LogP contribution in [0.15, 0.2) is 54.3 Å². The smallest absolute Gasteiger partial charge is 0.331 e. The van der Waals surface area contributed by atoms with Crippen LogP contribution in [-0.4, -0.2) is 156 Å². The van der Waals surface area contributed by atoms with Gasteiger partial charge in [0.25, 0.3) is 0 Å². The molecule has 0 radical (unpaired) electrons. The van der Waals surface area contributed by atoms with E-state index >= 15 is 0 Å². The van der Waals surface area contributed by atoms with Gasteiger partial charge in [0.2, 0.25) is 6.29 Å². The molecule has 260 valence electrons. The molecular weight excluding hydrogens is 632 g/mol. The first-order chi connectivity index (χ1) is 22.4. The zero-order valence-corrected chi connectivity index (χ0v) is 24.7. The van der Waals surface area contributed by atoms with E-state index in [1.54, 1.807) is 12.1 Å². The Morgan fingerprint density at radius 1 is 0.809 bits per heavy atom. The van der Waals surface area contributed by atoms with E-state index in [1.807, 2.05) is 0 Å². The maximum absolute atomic E-state index is 12.6. The van der Waals surface area contributed by atoms with Gasteiger partial charge in [0.15, 0.2) is 12.6 Å². The fourth-order valence-electron chi connectivity index (χ4n) is 5.86. The van der Waals surface area contributed by atoms with Gasteiger partial charge in [-0.1, -0.05) is 12.1 Å². The lowest BCUT2D eigenvalue weighted by molar-refractivity contribution is -0.362. The molecule has 1 aromatic rings. The van der Waals surface area contributed by atoms with Crippen molar-refractivity contribution in [1.82, 2.24) is 0 Å². The second kappa shape index (κ2) is 14.6. The monoisotopic (exact) mass is 670 g/mol. The summed E-state index contributed by atoms with van der Waals surface area (Å²) in [7, 11) is 0. The summed E-state index contributed by atoms with van der Waals surface area (Å²) in [5.74, 6) is -2.05. The lowest BCUT2D eigenvalue weighted by Crippen LogP contribution is -2.64. The summed E-state index contributed by atoms with van der Waals surface area (Å²) >= 11 is 0. The molecule has 1 aliphatic carbocycles. The van der Waals surface area contributed by atoms with Gasteiger partial charge in [0, 0.05) is 6.08 Å². The number of hydrogen-bond acceptors (Lipinski definition) is 17. The van der Waals surface area contributed by atoms with Crippen molar-refractivity contribution in [3.05, 3.63) is 59.9 Å². The zero-order valence-electron chi connectivity index (χ0n) is 24.7. The molecule has 2 saturated heterocycles. The summed E-state index contributed by atoms with van der Waals surface area (Å²) in [4.78, 5) is 12.6. The number of aliphatic hydroxyl groups is 9. The molecule has 3 aliphatic heterocycles. The van der Waals surface area contributed by atoms with Gasteiger partial charge in [0.1, 0.15) is 72.9 Å². The van der Waals surface area contributed by atoms with Gasteiger partial charge in [-0.2, -0.15) is 0 Å². The lowest BCUT2D eigenvalue weighted by atomic mass is 9.82. The largest absolute Gasteiger partial charge is 0.508 e. The first-order valence-corrected chi connectivity index (χ1v) is 14.7. The van der Waals surface area contributed by atoms with Crippen LogP contribution in [0.4, 0.5) is 0 Å². The van der Waals surface area contributed by atoms with E-state index in [0.29, 0.717) is 5.56 Å². The number of aromatic hydroxyl groups is 1. The van der Waals surface area contributed by atoms with E-state index < -0.39 is 111 Å². The average Bonchev–Trinajstić information content (AvgIpc) is 3.35. The van der Waals surface area contributed by atoms with E-state index in [9.17, 15) is 55.9 Å². The van der Waals surface area contributed by atoms with Crippen LogP contribution < -0.4 is 0 Å². The number of aliphatic hydroxyl groups excluding tert-OH is 9. The van der Waals surface area contributed by atoms with E-state index in [0.717, 1.165) is 12.3 Å². The maximum Gasteiger partial charge on any atom is 0.331 e. The fraction of sp³-hybridized carbons (Fsp3) is 0.567. The van der Waals surface area contributed by atoms with Crippen molar-refractivity contribution in [2.75, 3.05) is 19.8 Å². The number of phenols is 1. The van der Waals surface area contributed by atoms with Crippen LogP contribution >= 0.6 is 0 Å². The number of benzene rings is 1. The molecule has 3 heterocycles. The summed E-state index contributed by atoms with van der Waals surface area (Å²) < 4.78 is 34.0. The van der Waals surface area contributed by atoms with Crippen molar-refractivity contribution in [3.8, 4) is 5.75 Å². The van der Waals surface area contributed by atoms with E-state index in [2.05, 4.69) is 0 Å². The number of carbonyl (C=O) groups is 1. The van der Waals surface area contributed by atoms with E-state index in [-0.39, 0.29) is 11.3 Å². The van der Waals surface area contributed by atoms with Crippen molar-refractivity contribution in [3.63, 3.8) is 0 Å². The minimum absolute atomic E-state index is 0.0371. The van der Waals surface area contributed by atoms with Crippen LogP contribution in [-0.2, 0) is 33.2 Å². The van der Waals surface area contributed by atoms with Crippen LogP contribution in [0.1, 0.15) is 5.56 Å². The number of esters is 1. The third-order valence-corrected chi connectivity index (χ3v) is 8.50. The molecule has 17 heteroatoms. The Labute approximate surface area is 267 Å². The molecule has 0 spiro atoms. The number of carbonyl (C=O) groups excluding carboxylic acids is 1. The standard InChI is InChI=1S/C30H38O17/c31-10-16-21(36)23(38)25(40)28(44-16)46-27-20-14(12-43-19(35)6-3-13-1-4-15(33)5-2-13)9-18(34)30(20,7-8-42-27)47-29-26(41)24(39)22(37)17(11-32)45-29/h1-9,16-18,20-29,31-34,36-41H,10-12H2/t16-,17-,18-,20+,21-,22-,23+,24+,25-,26-,27+,28+,29+,30-/m1/s1. The van der Waals surface area contributed by atoms with Crippen molar-refractivity contribution >= 4 is 12.0 Å². The Balaban J connectivity index is 1.41. The molecular formula is C30H38O17. The predicted molar refractivity (Wildman–Crippen MR) is 152 cm³/mol. The SMILES string of the molecule is O=C(C=Cc1ccc(O)cc1)OCC1=C[C@@H](O)[C@]2(O[C@@H]3O[C@H](CO)[C@@H](O)[C@H](O)[C@H]3O)C=CO[C@@H](O[C@@H]3O[C@H](CO)[C@@H](O)[C@H](O)[C@H]3O)[C@H]12. The Kier molecular flexibility index (Phi) is 11.0. The van der Waals surface area contributed by atoms with Crippen LogP contribution in [0.5, 0.6) is 5.75 Å². The maximum atomic E-state index is 12.6. The Morgan fingerprint density at radius 3 is 2.02 bits per heavy atom. The number of fused-ring (bicyclic) bond motifs is 1. The van der Waals surface area contributed by atoms with Crippen LogP contribution in [0.25, 0.3) is 6.08 Å². The molecule has 10 N–H and O–H groups in total. The molecule has 0 saturated carbocycles. The highest BCUT2D eigenvalue weighted by atomic mass is 16.8. The van der Waals surface area contributed by atoms with Crippen LogP contribution in [0.3, 0.4) is 0 Å². The molecule has 2 fully saturated rings. The molecule has 1 aromatic carbocycles. The molecule has 0 bridgehead atoms. The lowest BCUT2D eigenvalue weighted by Gasteiger charge is -2.48. The van der Waals surface area contributed by atoms with Crippen molar-refractivity contribution in [2.45, 2.75) is 79.4 Å². The number of rotatable bonds is 10. The van der Waals surface area contributed by atoms with E-state index in [4.69, 9.17) is 28.4 Å². The third kappa shape index (κ3) is 7.08. The molecule has 47 heavy (non-hydrogen) atoms. The highest BCUT2D eigenvalue weighted by Gasteiger charge is 2.60. The van der Waals surface area contributed by atoms with Gasteiger partial charge in [-0.25, -0.2) is 4.79 Å². The second-order valence-corrected chi connectivity index (χ2v) is 11.5. The average molecular weight is 671 g/mol. The normalized spacial score (nSPS) is 41.7. The van der Waals surface area contributed by atoms with Gasteiger partial charge in [-0.05, 0) is 41.5 Å². The Morgan fingerprint density at radius 2 is 1.40 bits per heavy atom. The third-order valence-electron chi connectivity index (χ3n) is 8.50. The number of ether oxygens (including phenoxy) is 6. The number of phenolic OH excluding ortho intramolecular Hbond substituents is 1. The minimum Gasteiger partial charge on any atom is -0.508 e.